The van der Waals surface area contributed by atoms with Crippen LogP contribution in [0.25, 0.3) is 0 Å². The van der Waals surface area contributed by atoms with E-state index in [2.05, 4.69) is 15.6 Å². The van der Waals surface area contributed by atoms with Gasteiger partial charge in [0.05, 0.1) is 5.69 Å². The molecule has 1 aromatic heterocycles. The monoisotopic (exact) mass is 346 g/mol. The Balaban J connectivity index is 1.43. The lowest BCUT2D eigenvalue weighted by Gasteiger charge is -2.31. The summed E-state index contributed by atoms with van der Waals surface area (Å²) in [6.07, 6.45) is 3.68. The number of piperidine rings is 1. The Bertz CT molecular complexity index is 711. The molecule has 2 amide bonds. The number of rotatable bonds is 5. The summed E-state index contributed by atoms with van der Waals surface area (Å²) in [6, 6.07) is 6.32. The van der Waals surface area contributed by atoms with E-state index in [1.807, 2.05) is 10.9 Å². The van der Waals surface area contributed by atoms with E-state index in [0.717, 1.165) is 25.1 Å². The third-order valence-corrected chi connectivity index (χ3v) is 4.53. The molecule has 0 bridgehead atoms. The summed E-state index contributed by atoms with van der Waals surface area (Å²) in [5, 5.41) is 10.8. The molecule has 1 aliphatic rings. The lowest BCUT2D eigenvalue weighted by atomic mass is 9.97. The van der Waals surface area contributed by atoms with Gasteiger partial charge in [-0.25, -0.2) is 9.18 Å². The van der Waals surface area contributed by atoms with Crippen LogP contribution in [-0.4, -0.2) is 39.0 Å². The predicted octanol–water partition coefficient (Wildman–Crippen LogP) is 1.50. The molecule has 0 saturated carbocycles. The molecule has 8 heteroatoms. The number of halogens is 1. The zero-order valence-corrected chi connectivity index (χ0v) is 14.1. The van der Waals surface area contributed by atoms with Gasteiger partial charge < -0.3 is 16.0 Å². The number of nitrogens with two attached hydrogens (primary N) is 1. The number of amides is 2. The fraction of sp³-hybridized carbons (Fsp3) is 0.471. The van der Waals surface area contributed by atoms with Gasteiger partial charge in [-0.05, 0) is 24.8 Å². The average molecular weight is 346 g/mol. The summed E-state index contributed by atoms with van der Waals surface area (Å²) in [5.74, 6) is 0.161. The lowest BCUT2D eigenvalue weighted by molar-refractivity contribution is 0.163. The maximum atomic E-state index is 13.6. The summed E-state index contributed by atoms with van der Waals surface area (Å²) in [6.45, 7) is 2.75. The Morgan fingerprint density at radius 1 is 1.32 bits per heavy atom. The Morgan fingerprint density at radius 3 is 2.76 bits per heavy atom. The molecule has 0 radical (unpaired) electrons. The molecule has 2 aromatic rings. The zero-order chi connectivity index (χ0) is 17.6. The van der Waals surface area contributed by atoms with E-state index < -0.39 is 0 Å². The maximum absolute atomic E-state index is 13.6. The van der Waals surface area contributed by atoms with Gasteiger partial charge in [-0.1, -0.05) is 23.4 Å². The largest absolute Gasteiger partial charge is 0.334 e. The van der Waals surface area contributed by atoms with Gasteiger partial charge in [-0.2, -0.15) is 0 Å². The van der Waals surface area contributed by atoms with Crippen molar-refractivity contribution in [3.63, 3.8) is 0 Å². The predicted molar refractivity (Wildman–Crippen MR) is 90.8 cm³/mol. The van der Waals surface area contributed by atoms with Crippen LogP contribution in [0, 0.1) is 11.7 Å². The molecule has 0 atom stereocenters. The first kappa shape index (κ1) is 17.3. The molecule has 0 unspecified atom stereocenters. The molecular weight excluding hydrogens is 323 g/mol. The molecule has 3 rings (SSSR count). The van der Waals surface area contributed by atoms with E-state index in [1.54, 1.807) is 23.1 Å². The first-order chi connectivity index (χ1) is 12.2. The summed E-state index contributed by atoms with van der Waals surface area (Å²) in [5.41, 5.74) is 6.81. The Hall–Kier alpha value is -2.48. The van der Waals surface area contributed by atoms with E-state index in [4.69, 9.17) is 5.73 Å². The third-order valence-electron chi connectivity index (χ3n) is 4.53. The average Bonchev–Trinajstić information content (AvgIpc) is 3.09. The van der Waals surface area contributed by atoms with Gasteiger partial charge >= 0.3 is 6.03 Å². The van der Waals surface area contributed by atoms with Gasteiger partial charge in [-0.3, -0.25) is 4.68 Å². The SMILES string of the molecule is NCc1cn(CC2CCN(C(=O)NCc3ccccc3F)CC2)nn1. The number of likely N-dealkylation sites (tertiary alicyclic amines) is 1. The van der Waals surface area contributed by atoms with Crippen LogP contribution >= 0.6 is 0 Å². The summed E-state index contributed by atoms with van der Waals surface area (Å²) < 4.78 is 15.4. The Morgan fingerprint density at radius 2 is 2.08 bits per heavy atom. The number of aromatic nitrogens is 3. The van der Waals surface area contributed by atoms with Crippen molar-refractivity contribution < 1.29 is 9.18 Å². The molecule has 25 heavy (non-hydrogen) atoms. The molecule has 3 N–H and O–H groups in total. The summed E-state index contributed by atoms with van der Waals surface area (Å²) >= 11 is 0. The van der Waals surface area contributed by atoms with Gasteiger partial charge in [0, 0.05) is 44.5 Å². The first-order valence-corrected chi connectivity index (χ1v) is 8.51. The second-order valence-corrected chi connectivity index (χ2v) is 6.32. The van der Waals surface area contributed by atoms with Crippen LogP contribution in [0.15, 0.2) is 30.5 Å². The zero-order valence-electron chi connectivity index (χ0n) is 14.1. The normalized spacial score (nSPS) is 15.4. The number of hydrogen-bond acceptors (Lipinski definition) is 4. The van der Waals surface area contributed by atoms with Crippen molar-refractivity contribution in [3.05, 3.63) is 47.5 Å². The van der Waals surface area contributed by atoms with E-state index >= 15 is 0 Å². The van der Waals surface area contributed by atoms with Crippen molar-refractivity contribution in [1.82, 2.24) is 25.2 Å². The number of nitrogens with one attached hydrogen (secondary N) is 1. The molecule has 7 nitrogen and oxygen atoms in total. The molecule has 1 saturated heterocycles. The number of benzene rings is 1. The number of urea groups is 1. The van der Waals surface area contributed by atoms with Gasteiger partial charge in [0.2, 0.25) is 0 Å². The minimum Gasteiger partial charge on any atom is -0.334 e. The molecule has 0 aliphatic carbocycles. The van der Waals surface area contributed by atoms with Crippen molar-refractivity contribution in [1.29, 1.82) is 0 Å². The van der Waals surface area contributed by atoms with Crippen LogP contribution in [0.4, 0.5) is 9.18 Å². The first-order valence-electron chi connectivity index (χ1n) is 8.51. The van der Waals surface area contributed by atoms with Crippen LogP contribution in [0.5, 0.6) is 0 Å². The highest BCUT2D eigenvalue weighted by Gasteiger charge is 2.23. The van der Waals surface area contributed by atoms with E-state index in [1.165, 1.54) is 6.07 Å². The lowest BCUT2D eigenvalue weighted by Crippen LogP contribution is -2.44. The van der Waals surface area contributed by atoms with Crippen molar-refractivity contribution >= 4 is 6.03 Å². The number of carbonyl (C=O) groups is 1. The molecule has 1 fully saturated rings. The van der Waals surface area contributed by atoms with Crippen molar-refractivity contribution in [3.8, 4) is 0 Å². The fourth-order valence-corrected chi connectivity index (χ4v) is 3.03. The van der Waals surface area contributed by atoms with Crippen molar-refractivity contribution in [2.45, 2.75) is 32.5 Å². The van der Waals surface area contributed by atoms with E-state index in [0.29, 0.717) is 31.1 Å². The Labute approximate surface area is 146 Å². The van der Waals surface area contributed by atoms with Crippen LogP contribution < -0.4 is 11.1 Å². The molecule has 2 heterocycles. The minimum atomic E-state index is -0.300. The van der Waals surface area contributed by atoms with E-state index in [-0.39, 0.29) is 18.4 Å². The maximum Gasteiger partial charge on any atom is 0.317 e. The highest BCUT2D eigenvalue weighted by atomic mass is 19.1. The fourth-order valence-electron chi connectivity index (χ4n) is 3.03. The minimum absolute atomic E-state index is 0.145. The van der Waals surface area contributed by atoms with E-state index in [9.17, 15) is 9.18 Å². The second kappa shape index (κ2) is 8.06. The number of carbonyl (C=O) groups excluding carboxylic acids is 1. The van der Waals surface area contributed by atoms with Crippen LogP contribution in [0.3, 0.4) is 0 Å². The van der Waals surface area contributed by atoms with Crippen LogP contribution in [0.1, 0.15) is 24.1 Å². The molecule has 1 aliphatic heterocycles. The molecule has 0 spiro atoms. The van der Waals surface area contributed by atoms with Crippen molar-refractivity contribution in [2.75, 3.05) is 13.1 Å². The summed E-state index contributed by atoms with van der Waals surface area (Å²) in [4.78, 5) is 14.0. The van der Waals surface area contributed by atoms with Gasteiger partial charge in [-0.15, -0.1) is 5.10 Å². The Kier molecular flexibility index (Phi) is 5.60. The number of hydrogen-bond donors (Lipinski definition) is 2. The van der Waals surface area contributed by atoms with Crippen LogP contribution in [-0.2, 0) is 19.6 Å². The molecular formula is C17H23FN6O. The third kappa shape index (κ3) is 4.54. The van der Waals surface area contributed by atoms with Gasteiger partial charge in [0.25, 0.3) is 0 Å². The molecule has 134 valence electrons. The topological polar surface area (TPSA) is 89.1 Å². The quantitative estimate of drug-likeness (QED) is 0.859. The molecule has 1 aromatic carbocycles. The smallest absolute Gasteiger partial charge is 0.317 e. The standard InChI is InChI=1S/C17H23FN6O/c18-16-4-2-1-3-14(16)10-20-17(25)23-7-5-13(6-8-23)11-24-12-15(9-19)21-22-24/h1-4,12-13H,5-11,19H2,(H,20,25). The second-order valence-electron chi connectivity index (χ2n) is 6.32. The summed E-state index contributed by atoms with van der Waals surface area (Å²) in [7, 11) is 0. The highest BCUT2D eigenvalue weighted by Crippen LogP contribution is 2.19. The number of nitrogens with zero attached hydrogens (tertiary/aromatic N) is 4. The van der Waals surface area contributed by atoms with Gasteiger partial charge in [0.15, 0.2) is 0 Å². The van der Waals surface area contributed by atoms with Crippen LogP contribution in [0.2, 0.25) is 0 Å². The highest BCUT2D eigenvalue weighted by molar-refractivity contribution is 5.74. The van der Waals surface area contributed by atoms with Gasteiger partial charge in [0.1, 0.15) is 5.82 Å². The van der Waals surface area contributed by atoms with Crippen molar-refractivity contribution in [2.24, 2.45) is 11.7 Å².